The lowest BCUT2D eigenvalue weighted by atomic mass is 10.1. The Kier molecular flexibility index (Phi) is 3.20. The molecule has 0 radical (unpaired) electrons. The summed E-state index contributed by atoms with van der Waals surface area (Å²) < 4.78 is 29.2. The second kappa shape index (κ2) is 4.26. The average molecular weight is 370 g/mol. The first kappa shape index (κ1) is 13.5. The highest BCUT2D eigenvalue weighted by Crippen LogP contribution is 2.43. The van der Waals surface area contributed by atoms with E-state index in [0.717, 1.165) is 0 Å². The van der Waals surface area contributed by atoms with E-state index in [2.05, 4.69) is 22.6 Å². The zero-order valence-corrected chi connectivity index (χ0v) is 13.2. The van der Waals surface area contributed by atoms with E-state index >= 15 is 0 Å². The number of rotatable bonds is 1. The Morgan fingerprint density at radius 2 is 1.67 bits per heavy atom. The monoisotopic (exact) mass is 370 g/mol. The molecule has 0 aromatic carbocycles. The van der Waals surface area contributed by atoms with E-state index in [1.165, 1.54) is 0 Å². The summed E-state index contributed by atoms with van der Waals surface area (Å²) in [6, 6.07) is 0. The van der Waals surface area contributed by atoms with E-state index in [1.54, 1.807) is 0 Å². The van der Waals surface area contributed by atoms with Crippen molar-refractivity contribution in [3.8, 4) is 0 Å². The third-order valence-electron chi connectivity index (χ3n) is 3.40. The molecule has 5 nitrogen and oxygen atoms in total. The van der Waals surface area contributed by atoms with E-state index in [0.29, 0.717) is 6.61 Å². The van der Waals surface area contributed by atoms with Gasteiger partial charge in [-0.2, -0.15) is 0 Å². The minimum atomic E-state index is -0.559. The van der Waals surface area contributed by atoms with Crippen molar-refractivity contribution in [3.63, 3.8) is 0 Å². The van der Waals surface area contributed by atoms with Crippen molar-refractivity contribution >= 4 is 22.6 Å². The van der Waals surface area contributed by atoms with Gasteiger partial charge in [0.15, 0.2) is 17.9 Å². The number of alkyl halides is 1. The fraction of sp³-hybridized carbons (Fsp3) is 1.00. The van der Waals surface area contributed by atoms with Gasteiger partial charge in [-0.05, 0) is 27.7 Å². The van der Waals surface area contributed by atoms with Crippen LogP contribution in [0.3, 0.4) is 0 Å². The van der Waals surface area contributed by atoms with Crippen LogP contribution < -0.4 is 0 Å². The molecule has 3 fully saturated rings. The molecule has 5 atom stereocenters. The van der Waals surface area contributed by atoms with Gasteiger partial charge in [-0.1, -0.05) is 22.6 Å². The molecule has 3 saturated heterocycles. The van der Waals surface area contributed by atoms with E-state index in [-0.39, 0.29) is 28.5 Å². The number of hydrogen-bond donors (Lipinski definition) is 0. The van der Waals surface area contributed by atoms with E-state index < -0.39 is 11.6 Å². The molecule has 3 aliphatic heterocycles. The van der Waals surface area contributed by atoms with Crippen LogP contribution in [0.5, 0.6) is 0 Å². The Balaban J connectivity index is 1.68. The Labute approximate surface area is 121 Å². The quantitative estimate of drug-likeness (QED) is 0.521. The summed E-state index contributed by atoms with van der Waals surface area (Å²) in [6.07, 6.45) is -0.418. The molecule has 0 bridgehead atoms. The van der Waals surface area contributed by atoms with Crippen LogP contribution in [-0.4, -0.2) is 46.7 Å². The van der Waals surface area contributed by atoms with Crippen molar-refractivity contribution in [1.29, 1.82) is 0 Å². The third kappa shape index (κ3) is 2.31. The molecular weight excluding hydrogens is 351 g/mol. The van der Waals surface area contributed by atoms with Crippen molar-refractivity contribution in [2.45, 2.75) is 67.8 Å². The Morgan fingerprint density at radius 3 is 2.22 bits per heavy atom. The highest BCUT2D eigenvalue weighted by Gasteiger charge is 2.57. The lowest BCUT2D eigenvalue weighted by molar-refractivity contribution is -0.219. The van der Waals surface area contributed by atoms with Gasteiger partial charge >= 0.3 is 0 Å². The van der Waals surface area contributed by atoms with Gasteiger partial charge in [0, 0.05) is 0 Å². The summed E-state index contributed by atoms with van der Waals surface area (Å²) in [7, 11) is 0. The van der Waals surface area contributed by atoms with Crippen molar-refractivity contribution in [3.05, 3.63) is 0 Å². The third-order valence-corrected chi connectivity index (χ3v) is 4.82. The minimum absolute atomic E-state index is 0.0297. The van der Waals surface area contributed by atoms with E-state index in [4.69, 9.17) is 23.7 Å². The number of fused-ring (bicyclic) bond motifs is 1. The normalized spacial score (nSPS) is 49.5. The summed E-state index contributed by atoms with van der Waals surface area (Å²) in [5.41, 5.74) is 0. The molecule has 3 aliphatic rings. The van der Waals surface area contributed by atoms with Crippen LogP contribution in [0, 0.1) is 0 Å². The topological polar surface area (TPSA) is 46.2 Å². The number of hydrogen-bond acceptors (Lipinski definition) is 5. The van der Waals surface area contributed by atoms with Gasteiger partial charge in [0.05, 0.1) is 10.5 Å². The van der Waals surface area contributed by atoms with Crippen LogP contribution in [0.1, 0.15) is 27.7 Å². The fourth-order valence-corrected chi connectivity index (χ4v) is 3.78. The summed E-state index contributed by atoms with van der Waals surface area (Å²) >= 11 is 2.36. The SMILES string of the molecule is CC1(C)O[C@H]2O[C@H]([C@H]3COC(C)(C)O3)C(I)[C@H]2O1. The second-order valence-corrected chi connectivity index (χ2v) is 7.32. The van der Waals surface area contributed by atoms with Crippen LogP contribution >= 0.6 is 22.6 Å². The smallest absolute Gasteiger partial charge is 0.188 e. The summed E-state index contributed by atoms with van der Waals surface area (Å²) in [6.45, 7) is 8.21. The maximum absolute atomic E-state index is 5.95. The zero-order chi connectivity index (χ0) is 13.1. The standard InChI is InChI=1S/C12H19IO5/c1-11(2)14-5-6(16-11)8-7(13)9-10(15-8)18-12(3,4)17-9/h6-10H,5H2,1-4H3/t6-,7?,8-,9-,10-/m1/s1. The maximum atomic E-state index is 5.95. The second-order valence-electron chi connectivity index (χ2n) is 5.88. The lowest BCUT2D eigenvalue weighted by Gasteiger charge is -2.26. The molecule has 0 N–H and O–H groups in total. The predicted molar refractivity (Wildman–Crippen MR) is 71.4 cm³/mol. The molecule has 104 valence electrons. The summed E-state index contributed by atoms with van der Waals surface area (Å²) in [5, 5.41) is 0. The van der Waals surface area contributed by atoms with Crippen LogP contribution in [0.25, 0.3) is 0 Å². The molecule has 3 heterocycles. The predicted octanol–water partition coefficient (Wildman–Crippen LogP) is 1.82. The van der Waals surface area contributed by atoms with Gasteiger partial charge in [-0.3, -0.25) is 0 Å². The summed E-state index contributed by atoms with van der Waals surface area (Å²) in [4.78, 5) is 0. The maximum Gasteiger partial charge on any atom is 0.188 e. The molecule has 0 aliphatic carbocycles. The highest BCUT2D eigenvalue weighted by atomic mass is 127. The minimum Gasteiger partial charge on any atom is -0.348 e. The van der Waals surface area contributed by atoms with Crippen molar-refractivity contribution in [2.75, 3.05) is 6.61 Å². The highest BCUT2D eigenvalue weighted by molar-refractivity contribution is 14.1. The van der Waals surface area contributed by atoms with Crippen LogP contribution in [0.15, 0.2) is 0 Å². The molecule has 0 spiro atoms. The molecule has 0 aromatic rings. The van der Waals surface area contributed by atoms with Gasteiger partial charge in [0.2, 0.25) is 0 Å². The Bertz CT molecular complexity index is 345. The van der Waals surface area contributed by atoms with Crippen molar-refractivity contribution < 1.29 is 23.7 Å². The van der Waals surface area contributed by atoms with Crippen molar-refractivity contribution in [2.24, 2.45) is 0 Å². The van der Waals surface area contributed by atoms with Crippen molar-refractivity contribution in [1.82, 2.24) is 0 Å². The fourth-order valence-electron chi connectivity index (χ4n) is 2.67. The molecule has 18 heavy (non-hydrogen) atoms. The summed E-state index contributed by atoms with van der Waals surface area (Å²) in [5.74, 6) is -1.08. The van der Waals surface area contributed by atoms with Gasteiger partial charge in [0.25, 0.3) is 0 Å². The molecule has 0 aromatic heterocycles. The van der Waals surface area contributed by atoms with Gasteiger partial charge in [-0.15, -0.1) is 0 Å². The van der Waals surface area contributed by atoms with Crippen LogP contribution in [-0.2, 0) is 23.7 Å². The lowest BCUT2D eigenvalue weighted by Crippen LogP contribution is -2.39. The van der Waals surface area contributed by atoms with E-state index in [1.807, 2.05) is 27.7 Å². The molecule has 0 amide bonds. The Hall–Kier alpha value is 0.530. The molecule has 6 heteroatoms. The molecule has 0 saturated carbocycles. The van der Waals surface area contributed by atoms with Crippen LogP contribution in [0.2, 0.25) is 0 Å². The first-order valence-corrected chi connectivity index (χ1v) is 7.49. The van der Waals surface area contributed by atoms with Gasteiger partial charge < -0.3 is 23.7 Å². The number of ether oxygens (including phenoxy) is 5. The Morgan fingerprint density at radius 1 is 0.944 bits per heavy atom. The first-order valence-electron chi connectivity index (χ1n) is 6.24. The number of halogens is 1. The average Bonchev–Trinajstić information content (AvgIpc) is 2.81. The molecule has 3 rings (SSSR count). The van der Waals surface area contributed by atoms with E-state index in [9.17, 15) is 0 Å². The van der Waals surface area contributed by atoms with Gasteiger partial charge in [0.1, 0.15) is 18.3 Å². The molecular formula is C12H19IO5. The first-order chi connectivity index (χ1) is 8.27. The largest absolute Gasteiger partial charge is 0.348 e. The van der Waals surface area contributed by atoms with Gasteiger partial charge in [-0.25, -0.2) is 0 Å². The zero-order valence-electron chi connectivity index (χ0n) is 11.0. The molecule has 1 unspecified atom stereocenters. The van der Waals surface area contributed by atoms with Crippen LogP contribution in [0.4, 0.5) is 0 Å².